The molecule has 2 nitrogen and oxygen atoms in total. The molecule has 0 saturated heterocycles. The molecule has 0 unspecified atom stereocenters. The second-order valence-corrected chi connectivity index (χ2v) is 5.58. The van der Waals surface area contributed by atoms with Gasteiger partial charge < -0.3 is 4.74 Å². The van der Waals surface area contributed by atoms with E-state index in [-0.39, 0.29) is 0 Å². The fourth-order valence-corrected chi connectivity index (χ4v) is 2.40. The monoisotopic (exact) mass is 363 g/mol. The van der Waals surface area contributed by atoms with Crippen LogP contribution in [-0.4, -0.2) is 30.4 Å². The predicted octanol–water partition coefficient (Wildman–Crippen LogP) is 4.06. The molecule has 17 heavy (non-hydrogen) atoms. The SMILES string of the molecule is CCN(CCCBr)Cc1cc(Br)ccc1OC. The number of nitrogens with zero attached hydrogens (tertiary/aromatic N) is 1. The van der Waals surface area contributed by atoms with Crippen molar-refractivity contribution in [3.63, 3.8) is 0 Å². The van der Waals surface area contributed by atoms with E-state index < -0.39 is 0 Å². The van der Waals surface area contributed by atoms with Crippen LogP contribution in [-0.2, 0) is 6.54 Å². The zero-order valence-electron chi connectivity index (χ0n) is 10.4. The number of rotatable bonds is 7. The molecule has 0 heterocycles. The summed E-state index contributed by atoms with van der Waals surface area (Å²) in [6.45, 7) is 5.30. The van der Waals surface area contributed by atoms with Crippen molar-refractivity contribution in [2.24, 2.45) is 0 Å². The highest BCUT2D eigenvalue weighted by Crippen LogP contribution is 2.24. The molecule has 0 fully saturated rings. The fourth-order valence-electron chi connectivity index (χ4n) is 1.74. The number of halogens is 2. The predicted molar refractivity (Wildman–Crippen MR) is 80.1 cm³/mol. The number of hydrogen-bond donors (Lipinski definition) is 0. The van der Waals surface area contributed by atoms with Crippen molar-refractivity contribution in [2.75, 3.05) is 25.5 Å². The van der Waals surface area contributed by atoms with Gasteiger partial charge in [-0.05, 0) is 37.7 Å². The first kappa shape index (κ1) is 15.0. The molecule has 1 aromatic rings. The third-order valence-corrected chi connectivity index (χ3v) is 3.75. The van der Waals surface area contributed by atoms with Gasteiger partial charge in [0.25, 0.3) is 0 Å². The van der Waals surface area contributed by atoms with Crippen LogP contribution >= 0.6 is 31.9 Å². The topological polar surface area (TPSA) is 12.5 Å². The molecule has 0 aliphatic rings. The third-order valence-electron chi connectivity index (χ3n) is 2.69. The Bertz CT molecular complexity index is 344. The van der Waals surface area contributed by atoms with E-state index in [1.807, 2.05) is 12.1 Å². The highest BCUT2D eigenvalue weighted by Gasteiger charge is 2.08. The molecule has 0 aliphatic carbocycles. The van der Waals surface area contributed by atoms with Gasteiger partial charge in [-0.15, -0.1) is 0 Å². The molecule has 0 saturated carbocycles. The Labute approximate surface area is 121 Å². The lowest BCUT2D eigenvalue weighted by Crippen LogP contribution is -2.24. The van der Waals surface area contributed by atoms with Crippen molar-refractivity contribution in [3.05, 3.63) is 28.2 Å². The van der Waals surface area contributed by atoms with Gasteiger partial charge in [0.05, 0.1) is 7.11 Å². The van der Waals surface area contributed by atoms with Crippen LogP contribution in [0.5, 0.6) is 5.75 Å². The molecule has 4 heteroatoms. The van der Waals surface area contributed by atoms with Crippen molar-refractivity contribution < 1.29 is 4.74 Å². The second kappa shape index (κ2) is 8.11. The van der Waals surface area contributed by atoms with Crippen LogP contribution in [0.25, 0.3) is 0 Å². The Balaban J connectivity index is 2.73. The van der Waals surface area contributed by atoms with Gasteiger partial charge in [0.15, 0.2) is 0 Å². The summed E-state index contributed by atoms with van der Waals surface area (Å²) in [5, 5.41) is 1.05. The number of hydrogen-bond acceptors (Lipinski definition) is 2. The number of alkyl halides is 1. The molecule has 0 amide bonds. The van der Waals surface area contributed by atoms with Crippen molar-refractivity contribution >= 4 is 31.9 Å². The highest BCUT2D eigenvalue weighted by molar-refractivity contribution is 9.10. The molecule has 1 aromatic carbocycles. The second-order valence-electron chi connectivity index (χ2n) is 3.87. The maximum absolute atomic E-state index is 5.39. The van der Waals surface area contributed by atoms with Crippen molar-refractivity contribution in [1.82, 2.24) is 4.90 Å². The van der Waals surface area contributed by atoms with E-state index >= 15 is 0 Å². The molecule has 0 N–H and O–H groups in total. The average molecular weight is 365 g/mol. The summed E-state index contributed by atoms with van der Waals surface area (Å²) in [5.74, 6) is 0.963. The summed E-state index contributed by atoms with van der Waals surface area (Å²) in [6, 6.07) is 6.16. The van der Waals surface area contributed by atoms with E-state index in [4.69, 9.17) is 4.74 Å². The normalized spacial score (nSPS) is 10.9. The van der Waals surface area contributed by atoms with Gasteiger partial charge in [0.1, 0.15) is 5.75 Å². The Morgan fingerprint density at radius 3 is 2.71 bits per heavy atom. The minimum absolute atomic E-state index is 0.937. The summed E-state index contributed by atoms with van der Waals surface area (Å²) in [5.41, 5.74) is 1.23. The smallest absolute Gasteiger partial charge is 0.123 e. The molecule has 0 aliphatic heterocycles. The Morgan fingerprint density at radius 2 is 2.12 bits per heavy atom. The van der Waals surface area contributed by atoms with Crippen LogP contribution in [0.1, 0.15) is 18.9 Å². The minimum atomic E-state index is 0.937. The maximum atomic E-state index is 5.39. The summed E-state index contributed by atoms with van der Waals surface area (Å²) < 4.78 is 6.50. The molecule has 0 atom stereocenters. The first-order valence-corrected chi connectivity index (χ1v) is 7.73. The number of methoxy groups -OCH3 is 1. The van der Waals surface area contributed by atoms with E-state index in [1.54, 1.807) is 7.11 Å². The lowest BCUT2D eigenvalue weighted by atomic mass is 10.2. The van der Waals surface area contributed by atoms with Crippen LogP contribution < -0.4 is 4.74 Å². The van der Waals surface area contributed by atoms with Crippen LogP contribution in [0, 0.1) is 0 Å². The largest absolute Gasteiger partial charge is 0.496 e. The molecule has 96 valence electrons. The number of benzene rings is 1. The van der Waals surface area contributed by atoms with Crippen LogP contribution in [0.4, 0.5) is 0 Å². The Kier molecular flexibility index (Phi) is 7.16. The van der Waals surface area contributed by atoms with Crippen molar-refractivity contribution in [1.29, 1.82) is 0 Å². The van der Waals surface area contributed by atoms with Crippen LogP contribution in [0.15, 0.2) is 22.7 Å². The molecule has 0 radical (unpaired) electrons. The minimum Gasteiger partial charge on any atom is -0.496 e. The fraction of sp³-hybridized carbons (Fsp3) is 0.538. The number of ether oxygens (including phenoxy) is 1. The molecule has 0 spiro atoms. The van der Waals surface area contributed by atoms with Gasteiger partial charge in [-0.25, -0.2) is 0 Å². The highest BCUT2D eigenvalue weighted by atomic mass is 79.9. The molecule has 0 bridgehead atoms. The summed E-state index contributed by atoms with van der Waals surface area (Å²) in [4.78, 5) is 2.42. The van der Waals surface area contributed by atoms with Gasteiger partial charge in [-0.1, -0.05) is 38.8 Å². The molecule has 0 aromatic heterocycles. The van der Waals surface area contributed by atoms with E-state index in [2.05, 4.69) is 49.7 Å². The van der Waals surface area contributed by atoms with Gasteiger partial charge in [-0.2, -0.15) is 0 Å². The van der Waals surface area contributed by atoms with E-state index in [0.29, 0.717) is 0 Å². The lowest BCUT2D eigenvalue weighted by Gasteiger charge is -2.21. The Morgan fingerprint density at radius 1 is 1.35 bits per heavy atom. The Hall–Kier alpha value is -0.0600. The van der Waals surface area contributed by atoms with Gasteiger partial charge in [0, 0.05) is 21.9 Å². The zero-order chi connectivity index (χ0) is 12.7. The van der Waals surface area contributed by atoms with Gasteiger partial charge >= 0.3 is 0 Å². The maximum Gasteiger partial charge on any atom is 0.123 e. The van der Waals surface area contributed by atoms with E-state index in [0.717, 1.165) is 35.2 Å². The van der Waals surface area contributed by atoms with Crippen molar-refractivity contribution in [2.45, 2.75) is 19.9 Å². The van der Waals surface area contributed by atoms with E-state index in [1.165, 1.54) is 12.0 Å². The summed E-state index contributed by atoms with van der Waals surface area (Å²) in [7, 11) is 1.72. The standard InChI is InChI=1S/C13H19Br2NO/c1-3-16(8-4-7-14)10-11-9-12(15)5-6-13(11)17-2/h5-6,9H,3-4,7-8,10H2,1-2H3. The van der Waals surface area contributed by atoms with Gasteiger partial charge in [-0.3, -0.25) is 4.90 Å². The van der Waals surface area contributed by atoms with Crippen LogP contribution in [0.3, 0.4) is 0 Å². The average Bonchev–Trinajstić information content (AvgIpc) is 2.34. The molecular weight excluding hydrogens is 346 g/mol. The van der Waals surface area contributed by atoms with Crippen LogP contribution in [0.2, 0.25) is 0 Å². The first-order chi connectivity index (χ1) is 8.21. The first-order valence-electron chi connectivity index (χ1n) is 5.82. The summed E-state index contributed by atoms with van der Waals surface area (Å²) in [6.07, 6.45) is 1.17. The summed E-state index contributed by atoms with van der Waals surface area (Å²) >= 11 is 6.98. The zero-order valence-corrected chi connectivity index (χ0v) is 13.6. The third kappa shape index (κ3) is 4.98. The van der Waals surface area contributed by atoms with E-state index in [9.17, 15) is 0 Å². The quantitative estimate of drug-likeness (QED) is 0.676. The van der Waals surface area contributed by atoms with Gasteiger partial charge in [0.2, 0.25) is 0 Å². The molecule has 1 rings (SSSR count). The lowest BCUT2D eigenvalue weighted by molar-refractivity contribution is 0.276. The van der Waals surface area contributed by atoms with Crippen molar-refractivity contribution in [3.8, 4) is 5.75 Å². The molecular formula is C13H19Br2NO.